The summed E-state index contributed by atoms with van der Waals surface area (Å²) in [6, 6.07) is 4.94. The van der Waals surface area contributed by atoms with Gasteiger partial charge in [0.15, 0.2) is 0 Å². The summed E-state index contributed by atoms with van der Waals surface area (Å²) in [7, 11) is 0. The second-order valence-electron chi connectivity index (χ2n) is 4.57. The molecule has 1 rings (SSSR count). The van der Waals surface area contributed by atoms with Gasteiger partial charge in [-0.25, -0.2) is 0 Å². The third kappa shape index (κ3) is 6.19. The molecule has 6 heteroatoms. The number of carboxylic acid groups (broad SMARTS) is 1. The monoisotopic (exact) mass is 329 g/mol. The molecule has 4 nitrogen and oxygen atoms in total. The molecule has 0 aliphatic carbocycles. The molecule has 2 N–H and O–H groups in total. The fourth-order valence-electron chi connectivity index (χ4n) is 1.75. The number of hydrogen-bond donors (Lipinski definition) is 2. The Morgan fingerprint density at radius 1 is 1.38 bits per heavy atom. The zero-order valence-electron chi connectivity index (χ0n) is 11.6. The van der Waals surface area contributed by atoms with E-state index in [1.54, 1.807) is 24.3 Å². The lowest BCUT2D eigenvalue weighted by atomic mass is 10.0. The first-order chi connectivity index (χ1) is 9.93. The van der Waals surface area contributed by atoms with Crippen molar-refractivity contribution in [2.45, 2.75) is 19.8 Å². The van der Waals surface area contributed by atoms with Crippen molar-refractivity contribution < 1.29 is 14.7 Å². The first-order valence-electron chi connectivity index (χ1n) is 6.57. The minimum Gasteiger partial charge on any atom is -0.481 e. The van der Waals surface area contributed by atoms with Crippen LogP contribution in [0.4, 0.5) is 0 Å². The second-order valence-corrected chi connectivity index (χ2v) is 5.41. The van der Waals surface area contributed by atoms with Crippen LogP contribution in [0.15, 0.2) is 24.3 Å². The van der Waals surface area contributed by atoms with E-state index >= 15 is 0 Å². The first kappa shape index (κ1) is 17.5. The van der Waals surface area contributed by atoms with E-state index in [1.165, 1.54) is 6.08 Å². The van der Waals surface area contributed by atoms with E-state index in [2.05, 4.69) is 5.32 Å². The highest BCUT2D eigenvalue weighted by Gasteiger charge is 2.16. The van der Waals surface area contributed by atoms with Crippen molar-refractivity contribution in [2.75, 3.05) is 6.54 Å². The number of carbonyl (C=O) groups is 2. The quantitative estimate of drug-likeness (QED) is 0.751. The predicted octanol–water partition coefficient (Wildman–Crippen LogP) is 3.62. The molecule has 0 aromatic heterocycles. The molecule has 0 spiro atoms. The molecule has 0 saturated carbocycles. The highest BCUT2D eigenvalue weighted by Crippen LogP contribution is 2.21. The predicted molar refractivity (Wildman–Crippen MR) is 84.5 cm³/mol. The van der Waals surface area contributed by atoms with Crippen LogP contribution in [0.25, 0.3) is 6.08 Å². The maximum absolute atomic E-state index is 11.7. The fraction of sp³-hybridized carbons (Fsp3) is 0.333. The molecule has 1 amide bonds. The maximum atomic E-state index is 11.7. The Kier molecular flexibility index (Phi) is 7.26. The number of amides is 1. The van der Waals surface area contributed by atoms with Crippen LogP contribution in [0.1, 0.15) is 25.3 Å². The maximum Gasteiger partial charge on any atom is 0.308 e. The van der Waals surface area contributed by atoms with Crippen molar-refractivity contribution in [1.29, 1.82) is 0 Å². The molecule has 0 radical (unpaired) electrons. The number of halogens is 2. The minimum absolute atomic E-state index is 0.107. The van der Waals surface area contributed by atoms with Gasteiger partial charge in [-0.05, 0) is 36.3 Å². The number of nitrogens with one attached hydrogen (secondary N) is 1. The average molecular weight is 330 g/mol. The third-order valence-corrected chi connectivity index (χ3v) is 3.46. The number of carboxylic acids is 1. The van der Waals surface area contributed by atoms with Crippen molar-refractivity contribution in [2.24, 2.45) is 5.92 Å². The van der Waals surface area contributed by atoms with Gasteiger partial charge in [-0.15, -0.1) is 0 Å². The van der Waals surface area contributed by atoms with Crippen LogP contribution in [0.2, 0.25) is 10.0 Å². The van der Waals surface area contributed by atoms with E-state index in [4.69, 9.17) is 28.3 Å². The van der Waals surface area contributed by atoms with Gasteiger partial charge in [0, 0.05) is 22.7 Å². The van der Waals surface area contributed by atoms with E-state index < -0.39 is 11.9 Å². The van der Waals surface area contributed by atoms with Crippen molar-refractivity contribution in [3.05, 3.63) is 39.9 Å². The first-order valence-corrected chi connectivity index (χ1v) is 7.33. The highest BCUT2D eigenvalue weighted by atomic mass is 35.5. The lowest BCUT2D eigenvalue weighted by Crippen LogP contribution is -2.31. The number of rotatable bonds is 7. The SMILES string of the molecule is CCCC(CNC(=O)C=Cc1cc(Cl)ccc1Cl)C(=O)O. The summed E-state index contributed by atoms with van der Waals surface area (Å²) in [6.07, 6.45) is 4.13. The highest BCUT2D eigenvalue weighted by molar-refractivity contribution is 6.34. The van der Waals surface area contributed by atoms with Crippen LogP contribution in [0.3, 0.4) is 0 Å². The third-order valence-electron chi connectivity index (χ3n) is 2.88. The lowest BCUT2D eigenvalue weighted by Gasteiger charge is -2.11. The molecule has 0 aliphatic rings. The second kappa shape index (κ2) is 8.70. The summed E-state index contributed by atoms with van der Waals surface area (Å²) in [4.78, 5) is 22.6. The molecule has 0 bridgehead atoms. The summed E-state index contributed by atoms with van der Waals surface area (Å²) in [6.45, 7) is 2.01. The van der Waals surface area contributed by atoms with E-state index in [1.807, 2.05) is 6.92 Å². The minimum atomic E-state index is -0.904. The normalized spacial score (nSPS) is 12.3. The fourth-order valence-corrected chi connectivity index (χ4v) is 2.11. The van der Waals surface area contributed by atoms with Gasteiger partial charge >= 0.3 is 5.97 Å². The van der Waals surface area contributed by atoms with Crippen molar-refractivity contribution in [1.82, 2.24) is 5.32 Å². The van der Waals surface area contributed by atoms with Crippen LogP contribution >= 0.6 is 23.2 Å². The zero-order valence-corrected chi connectivity index (χ0v) is 13.1. The lowest BCUT2D eigenvalue weighted by molar-refractivity contribution is -0.141. The smallest absolute Gasteiger partial charge is 0.308 e. The summed E-state index contributed by atoms with van der Waals surface area (Å²) in [5, 5.41) is 12.6. The van der Waals surface area contributed by atoms with Crippen molar-refractivity contribution in [3.63, 3.8) is 0 Å². The molecule has 1 aromatic rings. The molecule has 114 valence electrons. The summed E-state index contributed by atoms with van der Waals surface area (Å²) in [5.41, 5.74) is 0.627. The van der Waals surface area contributed by atoms with Crippen LogP contribution in [-0.2, 0) is 9.59 Å². The summed E-state index contributed by atoms with van der Waals surface area (Å²) >= 11 is 11.8. The largest absolute Gasteiger partial charge is 0.481 e. The average Bonchev–Trinajstić information content (AvgIpc) is 2.44. The number of hydrogen-bond acceptors (Lipinski definition) is 2. The van der Waals surface area contributed by atoms with Crippen LogP contribution in [0, 0.1) is 5.92 Å². The molecule has 1 atom stereocenters. The van der Waals surface area contributed by atoms with E-state index in [0.717, 1.165) is 6.42 Å². The van der Waals surface area contributed by atoms with E-state index in [0.29, 0.717) is 22.0 Å². The molecular weight excluding hydrogens is 313 g/mol. The van der Waals surface area contributed by atoms with Crippen LogP contribution in [-0.4, -0.2) is 23.5 Å². The Morgan fingerprint density at radius 2 is 2.10 bits per heavy atom. The summed E-state index contributed by atoms with van der Waals surface area (Å²) < 4.78 is 0. The Hall–Kier alpha value is -1.52. The van der Waals surface area contributed by atoms with E-state index in [9.17, 15) is 9.59 Å². The summed E-state index contributed by atoms with van der Waals surface area (Å²) in [5.74, 6) is -1.84. The van der Waals surface area contributed by atoms with Gasteiger partial charge in [0.25, 0.3) is 0 Å². The molecule has 0 saturated heterocycles. The zero-order chi connectivity index (χ0) is 15.8. The Bertz CT molecular complexity index is 544. The topological polar surface area (TPSA) is 66.4 Å². The van der Waals surface area contributed by atoms with Gasteiger partial charge in [-0.2, -0.15) is 0 Å². The number of aliphatic carboxylic acids is 1. The molecule has 0 fully saturated rings. The van der Waals surface area contributed by atoms with Gasteiger partial charge in [-0.1, -0.05) is 36.5 Å². The molecule has 21 heavy (non-hydrogen) atoms. The van der Waals surface area contributed by atoms with Crippen LogP contribution < -0.4 is 5.32 Å². The van der Waals surface area contributed by atoms with E-state index in [-0.39, 0.29) is 12.5 Å². The standard InChI is InChI=1S/C15H17Cl2NO3/c1-2-3-11(15(20)21)9-18-14(19)7-4-10-8-12(16)5-6-13(10)17/h4-8,11H,2-3,9H2,1H3,(H,18,19)(H,20,21). The van der Waals surface area contributed by atoms with Gasteiger partial charge in [-0.3, -0.25) is 9.59 Å². The van der Waals surface area contributed by atoms with Gasteiger partial charge in [0.1, 0.15) is 0 Å². The van der Waals surface area contributed by atoms with Crippen molar-refractivity contribution in [3.8, 4) is 0 Å². The molecular formula is C15H17Cl2NO3. The van der Waals surface area contributed by atoms with Crippen molar-refractivity contribution >= 4 is 41.2 Å². The Labute approximate surface area is 133 Å². The molecule has 0 heterocycles. The van der Waals surface area contributed by atoms with Gasteiger partial charge < -0.3 is 10.4 Å². The Morgan fingerprint density at radius 3 is 2.71 bits per heavy atom. The van der Waals surface area contributed by atoms with Gasteiger partial charge in [0.2, 0.25) is 5.91 Å². The van der Waals surface area contributed by atoms with Crippen LogP contribution in [0.5, 0.6) is 0 Å². The molecule has 1 unspecified atom stereocenters. The molecule has 1 aromatic carbocycles. The molecule has 0 aliphatic heterocycles. The Balaban J connectivity index is 2.58. The number of benzene rings is 1. The van der Waals surface area contributed by atoms with Gasteiger partial charge in [0.05, 0.1) is 5.92 Å². The number of carbonyl (C=O) groups excluding carboxylic acids is 1.